The number of aliphatic hydroxyl groups excluding tert-OH is 1. The second-order valence-corrected chi connectivity index (χ2v) is 12.3. The highest BCUT2D eigenvalue weighted by Crippen LogP contribution is 2.51. The van der Waals surface area contributed by atoms with Gasteiger partial charge in [0.2, 0.25) is 0 Å². The third kappa shape index (κ3) is 6.70. The number of benzene rings is 1. The molecule has 0 amide bonds. The van der Waals surface area contributed by atoms with Crippen molar-refractivity contribution < 1.29 is 32.8 Å². The first kappa shape index (κ1) is 28.2. The maximum atomic E-state index is 15.5. The Morgan fingerprint density at radius 2 is 1.97 bits per heavy atom. The number of esters is 1. The molecule has 0 spiro atoms. The highest BCUT2D eigenvalue weighted by atomic mass is 31.8. The Hall–Kier alpha value is -2.33. The SMILES string of the molecule is CC(C)OC(=O)[C@H](C)NP(=P)(OC[C@H]1O[C@@H](n2ccc(=O)[nH]c2=O)[C@](C)(F)[C@@H]1O)Oc1ccccc1. The third-order valence-electron chi connectivity index (χ3n) is 5.29. The molecule has 1 unspecified atom stereocenters. The lowest BCUT2D eigenvalue weighted by atomic mass is 9.98. The number of nitrogens with zero attached hydrogens (tertiary/aromatic N) is 1. The minimum Gasteiger partial charge on any atom is -0.462 e. The number of aliphatic hydroxyl groups is 1. The molecular weight excluding hydrogens is 515 g/mol. The van der Waals surface area contributed by atoms with Gasteiger partial charge in [-0.05, 0) is 48.4 Å². The van der Waals surface area contributed by atoms with Gasteiger partial charge in [0.25, 0.3) is 12.7 Å². The van der Waals surface area contributed by atoms with Crippen molar-refractivity contribution in [3.05, 3.63) is 63.4 Å². The van der Waals surface area contributed by atoms with Crippen molar-refractivity contribution in [2.45, 2.75) is 63.9 Å². The van der Waals surface area contributed by atoms with Crippen molar-refractivity contribution in [1.29, 1.82) is 0 Å². The van der Waals surface area contributed by atoms with Gasteiger partial charge in [-0.15, -0.1) is 0 Å². The Kier molecular flexibility index (Phi) is 8.93. The van der Waals surface area contributed by atoms with Gasteiger partial charge in [0, 0.05) is 12.3 Å². The molecule has 36 heavy (non-hydrogen) atoms. The van der Waals surface area contributed by atoms with Crippen LogP contribution in [-0.2, 0) is 18.8 Å². The first-order valence-electron chi connectivity index (χ1n) is 11.2. The van der Waals surface area contributed by atoms with Crippen molar-refractivity contribution in [3.8, 4) is 5.75 Å². The Balaban J connectivity index is 1.80. The first-order valence-corrected chi connectivity index (χ1v) is 14.1. The number of alkyl halides is 1. The molecule has 3 N–H and O–H groups in total. The van der Waals surface area contributed by atoms with E-state index in [-0.39, 0.29) is 12.7 Å². The summed E-state index contributed by atoms with van der Waals surface area (Å²) in [4.78, 5) is 38.0. The Bertz CT molecular complexity index is 1220. The number of H-pyrrole nitrogens is 1. The van der Waals surface area contributed by atoms with Crippen molar-refractivity contribution in [3.63, 3.8) is 0 Å². The summed E-state index contributed by atoms with van der Waals surface area (Å²) in [6, 6.07) is 8.82. The summed E-state index contributed by atoms with van der Waals surface area (Å²) < 4.78 is 39.1. The maximum Gasteiger partial charge on any atom is 0.330 e. The molecule has 2 aromatic rings. The predicted molar refractivity (Wildman–Crippen MR) is 133 cm³/mol. The second-order valence-electron chi connectivity index (χ2n) is 8.73. The smallest absolute Gasteiger partial charge is 0.330 e. The molecule has 1 aromatic carbocycles. The van der Waals surface area contributed by atoms with Gasteiger partial charge in [0.1, 0.15) is 24.0 Å². The molecule has 0 aliphatic carbocycles. The summed E-state index contributed by atoms with van der Waals surface area (Å²) >= 11 is 0. The van der Waals surface area contributed by atoms with E-state index in [0.717, 1.165) is 23.8 Å². The Morgan fingerprint density at radius 3 is 2.58 bits per heavy atom. The van der Waals surface area contributed by atoms with E-state index in [4.69, 9.17) is 18.5 Å². The van der Waals surface area contributed by atoms with Crippen LogP contribution in [0.2, 0.25) is 0 Å². The van der Waals surface area contributed by atoms with Crippen LogP contribution in [0.3, 0.4) is 0 Å². The minimum absolute atomic E-state index is 0.335. The van der Waals surface area contributed by atoms with E-state index >= 15 is 4.39 Å². The van der Waals surface area contributed by atoms with Crippen LogP contribution in [-0.4, -0.2) is 57.3 Å². The summed E-state index contributed by atoms with van der Waals surface area (Å²) in [7, 11) is 0.233. The fourth-order valence-corrected chi connectivity index (χ4v) is 6.19. The first-order chi connectivity index (χ1) is 16.8. The van der Waals surface area contributed by atoms with Crippen LogP contribution in [0.25, 0.3) is 0 Å². The zero-order valence-corrected chi connectivity index (χ0v) is 22.1. The monoisotopic (exact) mass is 545 g/mol. The highest BCUT2D eigenvalue weighted by Gasteiger charge is 2.55. The van der Waals surface area contributed by atoms with Crippen LogP contribution >= 0.6 is 15.7 Å². The molecular formula is C22H30FN3O8P2. The standard InChI is InChI=1S/C22H30FN3O8P2/c1-13(2)32-19(29)14(3)25-36(35,34-15-8-6-5-7-9-15)31-12-16-18(28)22(4,23)20(33-16)26-11-10-17(27)24-21(26)30/h5-11,13-14,16,18,20,25,28,35H,12H2,1-4H3,(H,24,27,30)/t14-,16+,18+,20+,22+,36?/m0/s1. The quantitative estimate of drug-likeness (QED) is 0.303. The number of halogens is 1. The zero-order chi connectivity index (χ0) is 26.7. The predicted octanol–water partition coefficient (Wildman–Crippen LogP) is 2.37. The number of hydrogen-bond acceptors (Lipinski definition) is 8. The van der Waals surface area contributed by atoms with Gasteiger partial charge in [-0.25, -0.2) is 14.3 Å². The summed E-state index contributed by atoms with van der Waals surface area (Å²) in [5.41, 5.74) is -3.94. The number of hydrogen-bond donors (Lipinski definition) is 3. The third-order valence-corrected chi connectivity index (χ3v) is 8.04. The van der Waals surface area contributed by atoms with Gasteiger partial charge in [-0.2, -0.15) is 0 Å². The van der Waals surface area contributed by atoms with Crippen LogP contribution in [0.1, 0.15) is 33.9 Å². The molecule has 0 radical (unpaired) electrons. The van der Waals surface area contributed by atoms with Gasteiger partial charge in [0.05, 0.1) is 12.7 Å². The number of rotatable bonds is 10. The van der Waals surface area contributed by atoms with E-state index in [1.165, 1.54) is 0 Å². The molecule has 1 fully saturated rings. The fraction of sp³-hybridized carbons (Fsp3) is 0.500. The van der Waals surface area contributed by atoms with Crippen LogP contribution in [0.4, 0.5) is 4.39 Å². The van der Waals surface area contributed by atoms with E-state index < -0.39 is 54.5 Å². The van der Waals surface area contributed by atoms with E-state index in [1.807, 2.05) is 4.98 Å². The summed E-state index contributed by atoms with van der Waals surface area (Å²) in [5, 5.41) is 13.6. The Labute approximate surface area is 209 Å². The molecule has 198 valence electrons. The second kappa shape index (κ2) is 11.4. The molecule has 14 heteroatoms. The summed E-state index contributed by atoms with van der Waals surface area (Å²) in [5.74, 6) is -0.127. The molecule has 0 saturated carbocycles. The van der Waals surface area contributed by atoms with Crippen LogP contribution in [0, 0.1) is 0 Å². The van der Waals surface area contributed by atoms with E-state index in [9.17, 15) is 19.5 Å². The lowest BCUT2D eigenvalue weighted by molar-refractivity contribution is -0.149. The van der Waals surface area contributed by atoms with Gasteiger partial charge < -0.3 is 23.6 Å². The topological polar surface area (TPSA) is 141 Å². The molecule has 2 heterocycles. The van der Waals surface area contributed by atoms with Crippen molar-refractivity contribution >= 4 is 21.6 Å². The van der Waals surface area contributed by atoms with Gasteiger partial charge in [0.15, 0.2) is 11.9 Å². The van der Waals surface area contributed by atoms with E-state index in [1.54, 1.807) is 51.1 Å². The number of ether oxygens (including phenoxy) is 2. The van der Waals surface area contributed by atoms with Gasteiger partial charge in [-0.3, -0.25) is 19.1 Å². The molecule has 6 atom stereocenters. The number of nitrogens with one attached hydrogen (secondary N) is 2. The average Bonchev–Trinajstić information content (AvgIpc) is 3.01. The van der Waals surface area contributed by atoms with Gasteiger partial charge in [-0.1, -0.05) is 18.2 Å². The number of aromatic nitrogens is 2. The average molecular weight is 545 g/mol. The molecule has 11 nitrogen and oxygen atoms in total. The van der Waals surface area contributed by atoms with E-state index in [0.29, 0.717) is 5.75 Å². The molecule has 0 bridgehead atoms. The molecule has 1 aromatic heterocycles. The molecule has 3 rings (SSSR count). The number of aromatic amines is 1. The maximum absolute atomic E-state index is 15.5. The summed E-state index contributed by atoms with van der Waals surface area (Å²) in [6.07, 6.45) is -3.70. The van der Waals surface area contributed by atoms with Crippen molar-refractivity contribution in [1.82, 2.24) is 14.6 Å². The lowest BCUT2D eigenvalue weighted by Gasteiger charge is -2.29. The van der Waals surface area contributed by atoms with Crippen LogP contribution in [0.15, 0.2) is 52.2 Å². The highest BCUT2D eigenvalue weighted by molar-refractivity contribution is 7.91. The molecule has 1 aliphatic rings. The molecule has 1 aliphatic heterocycles. The Morgan fingerprint density at radius 1 is 1.31 bits per heavy atom. The lowest BCUT2D eigenvalue weighted by Crippen LogP contribution is -2.43. The normalized spacial score (nSPS) is 26.4. The zero-order valence-electron chi connectivity index (χ0n) is 20.2. The number of carbonyl (C=O) groups is 1. The summed E-state index contributed by atoms with van der Waals surface area (Å²) in [6.45, 7) is 5.70. The molecule has 1 saturated heterocycles. The number of para-hydroxylation sites is 1. The van der Waals surface area contributed by atoms with Crippen molar-refractivity contribution in [2.75, 3.05) is 6.61 Å². The van der Waals surface area contributed by atoms with Crippen molar-refractivity contribution in [2.24, 2.45) is 0 Å². The van der Waals surface area contributed by atoms with E-state index in [2.05, 4.69) is 13.6 Å². The largest absolute Gasteiger partial charge is 0.462 e. The van der Waals surface area contributed by atoms with Crippen LogP contribution in [0.5, 0.6) is 5.75 Å². The number of carbonyl (C=O) groups excluding carboxylic acids is 1. The van der Waals surface area contributed by atoms with Crippen LogP contribution < -0.4 is 20.9 Å². The fourth-order valence-electron chi connectivity index (χ4n) is 3.50. The van der Waals surface area contributed by atoms with Gasteiger partial charge >= 0.3 is 11.7 Å². The minimum atomic E-state index is -3.25.